The molecule has 4 heteroatoms. The quantitative estimate of drug-likeness (QED) is 0.898. The molecule has 0 aliphatic rings. The normalized spacial score (nSPS) is 10.6. The van der Waals surface area contributed by atoms with Gasteiger partial charge in [-0.2, -0.15) is 11.3 Å². The minimum Gasteiger partial charge on any atom is -0.370 e. The zero-order valence-electron chi connectivity index (χ0n) is 10.6. The fourth-order valence-corrected chi connectivity index (χ4v) is 3.02. The van der Waals surface area contributed by atoms with Crippen LogP contribution in [-0.2, 0) is 13.1 Å². The van der Waals surface area contributed by atoms with E-state index in [4.69, 9.17) is 0 Å². The van der Waals surface area contributed by atoms with E-state index in [0.29, 0.717) is 0 Å². The number of rotatable bonds is 5. The van der Waals surface area contributed by atoms with Crippen LogP contribution in [0.25, 0.3) is 0 Å². The predicted octanol–water partition coefficient (Wildman–Crippen LogP) is 3.87. The number of nitrogens with zero attached hydrogens (tertiary/aromatic N) is 1. The van der Waals surface area contributed by atoms with Gasteiger partial charge < -0.3 is 10.2 Å². The average molecular weight is 325 g/mol. The molecule has 2 nitrogen and oxygen atoms in total. The zero-order valence-corrected chi connectivity index (χ0v) is 13.0. The minimum absolute atomic E-state index is 0.884. The number of halogens is 1. The van der Waals surface area contributed by atoms with E-state index in [0.717, 1.165) is 17.6 Å². The van der Waals surface area contributed by atoms with Crippen molar-refractivity contribution >= 4 is 33.0 Å². The van der Waals surface area contributed by atoms with Gasteiger partial charge in [-0.3, -0.25) is 0 Å². The Labute approximate surface area is 121 Å². The summed E-state index contributed by atoms with van der Waals surface area (Å²) in [7, 11) is 4.08. The molecule has 2 aromatic rings. The van der Waals surface area contributed by atoms with Crippen LogP contribution >= 0.6 is 27.3 Å². The van der Waals surface area contributed by atoms with Crippen LogP contribution in [0.3, 0.4) is 0 Å². The Morgan fingerprint density at radius 2 is 2.17 bits per heavy atom. The second-order valence-electron chi connectivity index (χ2n) is 4.29. The van der Waals surface area contributed by atoms with Crippen molar-refractivity contribution in [3.8, 4) is 0 Å². The molecule has 1 heterocycles. The Kier molecular flexibility index (Phi) is 4.80. The highest BCUT2D eigenvalue weighted by atomic mass is 79.9. The molecule has 96 valence electrons. The summed E-state index contributed by atoms with van der Waals surface area (Å²) in [5.41, 5.74) is 3.87. The van der Waals surface area contributed by atoms with Gasteiger partial charge in [0.2, 0.25) is 0 Å². The molecule has 1 aromatic carbocycles. The first kappa shape index (κ1) is 13.6. The first-order valence-corrected chi connectivity index (χ1v) is 7.59. The highest BCUT2D eigenvalue weighted by molar-refractivity contribution is 9.10. The van der Waals surface area contributed by atoms with Gasteiger partial charge in [-0.15, -0.1) is 0 Å². The molecule has 0 radical (unpaired) electrons. The van der Waals surface area contributed by atoms with Gasteiger partial charge in [0.25, 0.3) is 0 Å². The summed E-state index contributed by atoms with van der Waals surface area (Å²) in [6, 6.07) is 8.69. The number of nitrogens with one attached hydrogen (secondary N) is 1. The standard InChI is InChI=1S/C14H17BrN2S/c1-16-8-12-3-4-13(7-14(12)15)17(2)9-11-5-6-18-10-11/h3-7,10,16H,8-9H2,1-2H3. The van der Waals surface area contributed by atoms with Crippen molar-refractivity contribution in [2.45, 2.75) is 13.1 Å². The molecule has 1 aromatic heterocycles. The highest BCUT2D eigenvalue weighted by Crippen LogP contribution is 2.24. The topological polar surface area (TPSA) is 15.3 Å². The number of hydrogen-bond acceptors (Lipinski definition) is 3. The first-order chi connectivity index (χ1) is 8.70. The lowest BCUT2D eigenvalue weighted by molar-refractivity contribution is 0.813. The molecule has 0 saturated carbocycles. The summed E-state index contributed by atoms with van der Waals surface area (Å²) in [6.07, 6.45) is 0. The van der Waals surface area contributed by atoms with Gasteiger partial charge >= 0.3 is 0 Å². The van der Waals surface area contributed by atoms with Gasteiger partial charge in [0.05, 0.1) is 0 Å². The lowest BCUT2D eigenvalue weighted by Crippen LogP contribution is -2.16. The van der Waals surface area contributed by atoms with E-state index in [2.05, 4.69) is 68.2 Å². The van der Waals surface area contributed by atoms with Gasteiger partial charge in [-0.1, -0.05) is 22.0 Å². The molecule has 0 bridgehead atoms. The second-order valence-corrected chi connectivity index (χ2v) is 5.93. The molecule has 0 saturated heterocycles. The van der Waals surface area contributed by atoms with Crippen molar-refractivity contribution in [3.05, 3.63) is 50.6 Å². The lowest BCUT2D eigenvalue weighted by atomic mass is 10.2. The molecule has 0 aliphatic carbocycles. The van der Waals surface area contributed by atoms with E-state index >= 15 is 0 Å². The summed E-state index contributed by atoms with van der Waals surface area (Å²) >= 11 is 5.37. The Morgan fingerprint density at radius 1 is 1.33 bits per heavy atom. The predicted molar refractivity (Wildman–Crippen MR) is 83.3 cm³/mol. The summed E-state index contributed by atoms with van der Waals surface area (Å²) in [6.45, 7) is 1.83. The highest BCUT2D eigenvalue weighted by Gasteiger charge is 2.05. The maximum absolute atomic E-state index is 3.63. The van der Waals surface area contributed by atoms with E-state index < -0.39 is 0 Å². The fourth-order valence-electron chi connectivity index (χ4n) is 1.86. The van der Waals surface area contributed by atoms with Crippen LogP contribution in [0.1, 0.15) is 11.1 Å². The van der Waals surface area contributed by atoms with Crippen molar-refractivity contribution in [1.82, 2.24) is 5.32 Å². The van der Waals surface area contributed by atoms with Gasteiger partial charge in [0.1, 0.15) is 0 Å². The van der Waals surface area contributed by atoms with Crippen LogP contribution < -0.4 is 10.2 Å². The lowest BCUT2D eigenvalue weighted by Gasteiger charge is -2.19. The van der Waals surface area contributed by atoms with Gasteiger partial charge in [0.15, 0.2) is 0 Å². The van der Waals surface area contributed by atoms with E-state index in [9.17, 15) is 0 Å². The minimum atomic E-state index is 0.884. The van der Waals surface area contributed by atoms with Crippen LogP contribution in [0.5, 0.6) is 0 Å². The molecule has 2 rings (SSSR count). The molecule has 0 amide bonds. The average Bonchev–Trinajstić information content (AvgIpc) is 2.84. The number of thiophene rings is 1. The molecule has 0 atom stereocenters. The molecular formula is C14H17BrN2S. The fraction of sp³-hybridized carbons (Fsp3) is 0.286. The largest absolute Gasteiger partial charge is 0.370 e. The molecule has 0 spiro atoms. The van der Waals surface area contributed by atoms with E-state index in [1.165, 1.54) is 16.8 Å². The second kappa shape index (κ2) is 6.36. The SMILES string of the molecule is CNCc1ccc(N(C)Cc2ccsc2)cc1Br. The van der Waals surface area contributed by atoms with Gasteiger partial charge in [-0.25, -0.2) is 0 Å². The summed E-state index contributed by atoms with van der Waals surface area (Å²) in [4.78, 5) is 2.26. The third kappa shape index (κ3) is 3.34. The van der Waals surface area contributed by atoms with Crippen LogP contribution in [0.15, 0.2) is 39.5 Å². The number of anilines is 1. The molecule has 0 fully saturated rings. The molecule has 0 aliphatic heterocycles. The van der Waals surface area contributed by atoms with Crippen molar-refractivity contribution in [2.24, 2.45) is 0 Å². The Morgan fingerprint density at radius 3 is 2.78 bits per heavy atom. The van der Waals surface area contributed by atoms with E-state index in [1.807, 2.05) is 7.05 Å². The molecule has 1 N–H and O–H groups in total. The summed E-state index contributed by atoms with van der Waals surface area (Å²) in [5.74, 6) is 0. The Bertz CT molecular complexity index is 497. The zero-order chi connectivity index (χ0) is 13.0. The number of hydrogen-bond donors (Lipinski definition) is 1. The molecule has 0 unspecified atom stereocenters. The van der Waals surface area contributed by atoms with Gasteiger partial charge in [0, 0.05) is 30.3 Å². The number of benzene rings is 1. The third-order valence-corrected chi connectivity index (χ3v) is 4.31. The van der Waals surface area contributed by atoms with E-state index in [1.54, 1.807) is 11.3 Å². The maximum Gasteiger partial charge on any atom is 0.0434 e. The van der Waals surface area contributed by atoms with Crippen molar-refractivity contribution < 1.29 is 0 Å². The Hall–Kier alpha value is -0.840. The summed E-state index contributed by atoms with van der Waals surface area (Å²) < 4.78 is 1.16. The van der Waals surface area contributed by atoms with E-state index in [-0.39, 0.29) is 0 Å². The molecule has 18 heavy (non-hydrogen) atoms. The van der Waals surface area contributed by atoms with Crippen LogP contribution in [0.4, 0.5) is 5.69 Å². The third-order valence-electron chi connectivity index (χ3n) is 2.84. The smallest absolute Gasteiger partial charge is 0.0434 e. The van der Waals surface area contributed by atoms with Crippen molar-refractivity contribution in [3.63, 3.8) is 0 Å². The molecular weight excluding hydrogens is 308 g/mol. The van der Waals surface area contributed by atoms with Crippen molar-refractivity contribution in [1.29, 1.82) is 0 Å². The van der Waals surface area contributed by atoms with Gasteiger partial charge in [-0.05, 0) is 47.1 Å². The Balaban J connectivity index is 2.11. The van der Waals surface area contributed by atoms with Crippen molar-refractivity contribution in [2.75, 3.05) is 19.0 Å². The van der Waals surface area contributed by atoms with Crippen LogP contribution in [0.2, 0.25) is 0 Å². The first-order valence-electron chi connectivity index (χ1n) is 5.86. The maximum atomic E-state index is 3.63. The monoisotopic (exact) mass is 324 g/mol. The summed E-state index contributed by atoms with van der Waals surface area (Å²) in [5, 5.41) is 7.48. The van der Waals surface area contributed by atoms with Crippen LogP contribution in [-0.4, -0.2) is 14.1 Å². The van der Waals surface area contributed by atoms with Crippen LogP contribution in [0, 0.1) is 0 Å².